The molecule has 0 spiro atoms. The lowest BCUT2D eigenvalue weighted by molar-refractivity contribution is -0.112. The fourth-order valence-corrected chi connectivity index (χ4v) is 3.38. The van der Waals surface area contributed by atoms with Gasteiger partial charge in [0.05, 0.1) is 10.2 Å². The second-order valence-corrected chi connectivity index (χ2v) is 7.44. The van der Waals surface area contributed by atoms with Crippen LogP contribution >= 0.6 is 34.2 Å². The van der Waals surface area contributed by atoms with Gasteiger partial charge in [-0.2, -0.15) is 5.26 Å². The number of halogens is 2. The van der Waals surface area contributed by atoms with Crippen LogP contribution in [0.4, 0.5) is 5.69 Å². The van der Waals surface area contributed by atoms with Gasteiger partial charge < -0.3 is 14.8 Å². The van der Waals surface area contributed by atoms with Crippen molar-refractivity contribution >= 4 is 51.9 Å². The van der Waals surface area contributed by atoms with E-state index in [4.69, 9.17) is 27.5 Å². The van der Waals surface area contributed by atoms with Gasteiger partial charge in [-0.25, -0.2) is 0 Å². The van der Waals surface area contributed by atoms with Crippen molar-refractivity contribution in [1.82, 2.24) is 0 Å². The number of nitrogens with zero attached hydrogens (tertiary/aromatic N) is 1. The molecule has 0 aliphatic heterocycles. The van der Waals surface area contributed by atoms with Crippen LogP contribution in [0.5, 0.6) is 11.5 Å². The Kier molecular flexibility index (Phi) is 8.38. The van der Waals surface area contributed by atoms with Gasteiger partial charge in [0, 0.05) is 10.7 Å². The third-order valence-corrected chi connectivity index (χ3v) is 4.79. The molecule has 0 saturated heterocycles. The van der Waals surface area contributed by atoms with E-state index in [1.54, 1.807) is 30.3 Å². The summed E-state index contributed by atoms with van der Waals surface area (Å²) in [7, 11) is 0. The summed E-state index contributed by atoms with van der Waals surface area (Å²) in [4.78, 5) is 12.6. The van der Waals surface area contributed by atoms with Crippen molar-refractivity contribution in [3.63, 3.8) is 0 Å². The average molecular weight is 521 g/mol. The van der Waals surface area contributed by atoms with Gasteiger partial charge in [-0.05, 0) is 77.9 Å². The Morgan fingerprint density at radius 3 is 2.76 bits per heavy atom. The molecule has 5 nitrogen and oxygen atoms in total. The Morgan fingerprint density at radius 1 is 1.34 bits per heavy atom. The molecule has 2 rings (SSSR count). The molecule has 0 aliphatic rings. The lowest BCUT2D eigenvalue weighted by Gasteiger charge is -2.13. The maximum absolute atomic E-state index is 12.6. The van der Waals surface area contributed by atoms with E-state index < -0.39 is 5.91 Å². The molecular formula is C22H18ClIN2O3. The summed E-state index contributed by atoms with van der Waals surface area (Å²) < 4.78 is 11.9. The van der Waals surface area contributed by atoms with Gasteiger partial charge in [0.15, 0.2) is 11.5 Å². The van der Waals surface area contributed by atoms with Crippen LogP contribution in [-0.2, 0) is 4.79 Å². The quantitative estimate of drug-likeness (QED) is 0.235. The molecule has 29 heavy (non-hydrogen) atoms. The minimum absolute atomic E-state index is 0.0556. The number of aryl methyl sites for hydroxylation is 1. The largest absolute Gasteiger partial charge is 0.490 e. The highest BCUT2D eigenvalue weighted by molar-refractivity contribution is 14.1. The molecular weight excluding hydrogens is 503 g/mol. The number of hydrogen-bond donors (Lipinski definition) is 1. The predicted molar refractivity (Wildman–Crippen MR) is 123 cm³/mol. The minimum Gasteiger partial charge on any atom is -0.490 e. The molecule has 0 aromatic heterocycles. The average Bonchev–Trinajstić information content (AvgIpc) is 2.68. The highest BCUT2D eigenvalue weighted by atomic mass is 127. The molecule has 2 aromatic carbocycles. The van der Waals surface area contributed by atoms with Crippen LogP contribution in [0.25, 0.3) is 6.08 Å². The van der Waals surface area contributed by atoms with Gasteiger partial charge in [0.2, 0.25) is 0 Å². The third-order valence-electron chi connectivity index (χ3n) is 3.76. The van der Waals surface area contributed by atoms with E-state index in [-0.39, 0.29) is 12.2 Å². The van der Waals surface area contributed by atoms with E-state index in [1.165, 1.54) is 6.08 Å². The summed E-state index contributed by atoms with van der Waals surface area (Å²) in [6, 6.07) is 10.6. The predicted octanol–water partition coefficient (Wildman–Crippen LogP) is 5.21. The fourth-order valence-electron chi connectivity index (χ4n) is 2.42. The van der Waals surface area contributed by atoms with Gasteiger partial charge >= 0.3 is 0 Å². The molecule has 2 aromatic rings. The number of nitrogens with one attached hydrogen (secondary N) is 1. The Morgan fingerprint density at radius 2 is 2.10 bits per heavy atom. The number of carbonyl (C=O) groups is 1. The van der Waals surface area contributed by atoms with Crippen LogP contribution in [0.1, 0.15) is 18.1 Å². The van der Waals surface area contributed by atoms with Gasteiger partial charge in [-0.15, -0.1) is 6.42 Å². The SMILES string of the molecule is C#CCOc1c(I)cc(/C=C(\C#N)C(=O)Nc2cc(Cl)ccc2C)cc1OCC. The second-order valence-electron chi connectivity index (χ2n) is 5.84. The standard InChI is InChI=1S/C22H18ClIN2O3/c1-4-8-29-21-18(24)10-15(11-20(21)28-5-2)9-16(13-25)22(27)26-19-12-17(23)7-6-14(19)3/h1,6-7,9-12H,5,8H2,2-3H3,(H,26,27)/b16-9+. The first-order valence-corrected chi connectivity index (χ1v) is 10.1. The zero-order valence-electron chi connectivity index (χ0n) is 15.9. The smallest absolute Gasteiger partial charge is 0.266 e. The van der Waals surface area contributed by atoms with Gasteiger partial charge in [-0.1, -0.05) is 23.6 Å². The molecule has 0 aliphatic carbocycles. The van der Waals surface area contributed by atoms with Crippen molar-refractivity contribution < 1.29 is 14.3 Å². The lowest BCUT2D eigenvalue weighted by atomic mass is 10.1. The maximum Gasteiger partial charge on any atom is 0.266 e. The molecule has 148 valence electrons. The van der Waals surface area contributed by atoms with Crippen LogP contribution in [-0.4, -0.2) is 19.1 Å². The summed E-state index contributed by atoms with van der Waals surface area (Å²) in [6.07, 6.45) is 6.76. The Balaban J connectivity index is 2.36. The Bertz CT molecular complexity index is 1040. The monoisotopic (exact) mass is 520 g/mol. The van der Waals surface area contributed by atoms with E-state index in [0.717, 1.165) is 9.13 Å². The maximum atomic E-state index is 12.6. The van der Waals surface area contributed by atoms with Crippen molar-refractivity contribution in [1.29, 1.82) is 5.26 Å². The molecule has 0 bridgehead atoms. The third kappa shape index (κ3) is 6.15. The number of amides is 1. The Labute approximate surface area is 188 Å². The normalized spacial score (nSPS) is 10.6. The summed E-state index contributed by atoms with van der Waals surface area (Å²) in [5.41, 5.74) is 1.95. The first-order chi connectivity index (χ1) is 13.9. The molecule has 0 unspecified atom stereocenters. The van der Waals surface area contributed by atoms with E-state index >= 15 is 0 Å². The van der Waals surface area contributed by atoms with Crippen LogP contribution < -0.4 is 14.8 Å². The van der Waals surface area contributed by atoms with Crippen molar-refractivity contribution in [3.05, 3.63) is 55.6 Å². The Hall–Kier alpha value is -2.68. The molecule has 0 atom stereocenters. The van der Waals surface area contributed by atoms with E-state index in [0.29, 0.717) is 34.4 Å². The summed E-state index contributed by atoms with van der Waals surface area (Å²) in [5, 5.41) is 12.7. The number of hydrogen-bond acceptors (Lipinski definition) is 4. The number of rotatable bonds is 7. The summed E-state index contributed by atoms with van der Waals surface area (Å²) in [6.45, 7) is 4.22. The zero-order valence-corrected chi connectivity index (χ0v) is 18.8. The van der Waals surface area contributed by atoms with Crippen molar-refractivity contribution in [2.24, 2.45) is 0 Å². The van der Waals surface area contributed by atoms with E-state index in [1.807, 2.05) is 19.9 Å². The molecule has 1 amide bonds. The first-order valence-electron chi connectivity index (χ1n) is 8.61. The first kappa shape index (κ1) is 22.6. The number of benzene rings is 2. The van der Waals surface area contributed by atoms with Crippen LogP contribution in [0, 0.1) is 34.2 Å². The zero-order chi connectivity index (χ0) is 21.4. The highest BCUT2D eigenvalue weighted by Gasteiger charge is 2.15. The van der Waals surface area contributed by atoms with Crippen LogP contribution in [0.3, 0.4) is 0 Å². The molecule has 1 N–H and O–H groups in total. The van der Waals surface area contributed by atoms with Crippen LogP contribution in [0.2, 0.25) is 5.02 Å². The minimum atomic E-state index is -0.529. The van der Waals surface area contributed by atoms with Crippen molar-refractivity contribution in [2.45, 2.75) is 13.8 Å². The van der Waals surface area contributed by atoms with Gasteiger partial charge in [-0.3, -0.25) is 4.79 Å². The van der Waals surface area contributed by atoms with Crippen LogP contribution in [0.15, 0.2) is 35.9 Å². The highest BCUT2D eigenvalue weighted by Crippen LogP contribution is 2.35. The number of nitriles is 1. The number of terminal acetylenes is 1. The molecule has 0 fully saturated rings. The molecule has 0 heterocycles. The second kappa shape index (κ2) is 10.8. The van der Waals surface area contributed by atoms with Crippen molar-refractivity contribution in [2.75, 3.05) is 18.5 Å². The van der Waals surface area contributed by atoms with Gasteiger partial charge in [0.1, 0.15) is 18.2 Å². The molecule has 0 radical (unpaired) electrons. The molecule has 7 heteroatoms. The number of anilines is 1. The lowest BCUT2D eigenvalue weighted by Crippen LogP contribution is -2.14. The summed E-state index contributed by atoms with van der Waals surface area (Å²) >= 11 is 8.08. The topological polar surface area (TPSA) is 71.3 Å². The van der Waals surface area contributed by atoms with Gasteiger partial charge in [0.25, 0.3) is 5.91 Å². The van der Waals surface area contributed by atoms with E-state index in [2.05, 4.69) is 33.8 Å². The van der Waals surface area contributed by atoms with E-state index in [9.17, 15) is 10.1 Å². The molecule has 0 saturated carbocycles. The summed E-state index contributed by atoms with van der Waals surface area (Å²) in [5.74, 6) is 2.91. The number of ether oxygens (including phenoxy) is 2. The fraction of sp³-hybridized carbons (Fsp3) is 0.182. The number of carbonyl (C=O) groups excluding carboxylic acids is 1. The van der Waals surface area contributed by atoms with Crippen molar-refractivity contribution in [3.8, 4) is 29.9 Å².